The number of hydrogen-bond acceptors (Lipinski definition) is 8. The summed E-state index contributed by atoms with van der Waals surface area (Å²) in [5.41, 5.74) is 5.53. The fourth-order valence-electron chi connectivity index (χ4n) is 6.29. The highest BCUT2D eigenvalue weighted by molar-refractivity contribution is 7.89. The van der Waals surface area contributed by atoms with Gasteiger partial charge < -0.3 is 15.4 Å². The van der Waals surface area contributed by atoms with Crippen LogP contribution in [-0.4, -0.2) is 71.4 Å². The van der Waals surface area contributed by atoms with Crippen LogP contribution in [0, 0.1) is 19.3 Å². The summed E-state index contributed by atoms with van der Waals surface area (Å²) in [6, 6.07) is 13.4. The lowest BCUT2D eigenvalue weighted by Crippen LogP contribution is -2.43. The number of nitrogens with one attached hydrogen (secondary N) is 2. The van der Waals surface area contributed by atoms with Crippen LogP contribution in [0.3, 0.4) is 0 Å². The molecule has 0 unspecified atom stereocenters. The Morgan fingerprint density at radius 1 is 1.13 bits per heavy atom. The van der Waals surface area contributed by atoms with Crippen molar-refractivity contribution in [2.75, 3.05) is 26.7 Å². The molecule has 1 amide bonds. The first-order valence-corrected chi connectivity index (χ1v) is 17.3. The van der Waals surface area contributed by atoms with Crippen LogP contribution in [0.15, 0.2) is 53.6 Å². The molecule has 2 aromatic carbocycles. The van der Waals surface area contributed by atoms with Gasteiger partial charge in [0.2, 0.25) is 21.8 Å². The third-order valence-electron chi connectivity index (χ3n) is 9.11. The Morgan fingerprint density at radius 2 is 1.91 bits per heavy atom. The number of carbonyl (C=O) groups excluding carboxylic acids is 1. The predicted octanol–water partition coefficient (Wildman–Crippen LogP) is 4.32. The van der Waals surface area contributed by atoms with E-state index in [0.717, 1.165) is 38.9 Å². The van der Waals surface area contributed by atoms with E-state index in [9.17, 15) is 13.2 Å². The van der Waals surface area contributed by atoms with Gasteiger partial charge in [0.15, 0.2) is 0 Å². The van der Waals surface area contributed by atoms with Crippen LogP contribution in [0.25, 0.3) is 11.0 Å². The number of nitrogens with zero attached hydrogens (tertiary/aromatic N) is 5. The maximum Gasteiger partial charge on any atom is 0.248 e. The monoisotopic (exact) mass is 647 g/mol. The van der Waals surface area contributed by atoms with Crippen molar-refractivity contribution < 1.29 is 17.9 Å². The highest BCUT2D eigenvalue weighted by Crippen LogP contribution is 2.44. The SMILES string of the molecule is CC[C@@H]1CN(Cc2cc([C@@H](c3ccc4c(nnn4CC)c3C)C(C)(C)C(=O)NCCNC)ccc2C)S(=O)(=O)c2cccnc2O1. The zero-order chi connectivity index (χ0) is 33.2. The predicted molar refractivity (Wildman–Crippen MR) is 178 cm³/mol. The van der Waals surface area contributed by atoms with Crippen LogP contribution in [0.2, 0.25) is 0 Å². The lowest BCUT2D eigenvalue weighted by atomic mass is 9.69. The molecule has 3 heterocycles. The van der Waals surface area contributed by atoms with Gasteiger partial charge in [-0.15, -0.1) is 5.10 Å². The molecule has 1 aliphatic rings. The zero-order valence-electron chi connectivity index (χ0n) is 27.8. The Labute approximate surface area is 271 Å². The number of likely N-dealkylation sites (N-methyl/N-ethyl adjacent to an activating group) is 1. The molecule has 1 aliphatic heterocycles. The molecule has 2 aromatic heterocycles. The summed E-state index contributed by atoms with van der Waals surface area (Å²) >= 11 is 0. The minimum Gasteiger partial charge on any atom is -0.472 e. The summed E-state index contributed by atoms with van der Waals surface area (Å²) < 4.78 is 37.3. The quantitative estimate of drug-likeness (QED) is 0.230. The van der Waals surface area contributed by atoms with Crippen molar-refractivity contribution in [1.29, 1.82) is 0 Å². The van der Waals surface area contributed by atoms with Gasteiger partial charge in [0.1, 0.15) is 16.5 Å². The summed E-state index contributed by atoms with van der Waals surface area (Å²) in [6.45, 7) is 14.1. The maximum absolute atomic E-state index is 13.9. The summed E-state index contributed by atoms with van der Waals surface area (Å²) in [6.07, 6.45) is 1.83. The summed E-state index contributed by atoms with van der Waals surface area (Å²) in [5.74, 6) is -0.303. The van der Waals surface area contributed by atoms with Crippen molar-refractivity contribution in [2.45, 2.75) is 78.0 Å². The Bertz CT molecular complexity index is 1840. The summed E-state index contributed by atoms with van der Waals surface area (Å²) in [5, 5.41) is 15.0. The first-order valence-electron chi connectivity index (χ1n) is 15.9. The number of fused-ring (bicyclic) bond motifs is 2. The number of carbonyl (C=O) groups is 1. The van der Waals surface area contributed by atoms with Crippen molar-refractivity contribution in [2.24, 2.45) is 5.41 Å². The molecule has 5 rings (SSSR count). The highest BCUT2D eigenvalue weighted by Gasteiger charge is 2.41. The molecule has 46 heavy (non-hydrogen) atoms. The summed E-state index contributed by atoms with van der Waals surface area (Å²) in [7, 11) is -2.04. The van der Waals surface area contributed by atoms with Crippen LogP contribution in [0.5, 0.6) is 5.88 Å². The first-order chi connectivity index (χ1) is 21.9. The van der Waals surface area contributed by atoms with Gasteiger partial charge in [0, 0.05) is 38.3 Å². The van der Waals surface area contributed by atoms with Crippen LogP contribution in [0.4, 0.5) is 0 Å². The molecule has 0 fully saturated rings. The molecular formula is C34H45N7O4S. The zero-order valence-corrected chi connectivity index (χ0v) is 28.6. The number of aromatic nitrogens is 4. The Balaban J connectivity index is 1.61. The number of sulfonamides is 1. The van der Waals surface area contributed by atoms with Gasteiger partial charge in [-0.05, 0) is 80.3 Å². The minimum absolute atomic E-state index is 0.0704. The van der Waals surface area contributed by atoms with Gasteiger partial charge >= 0.3 is 0 Å². The second-order valence-corrected chi connectivity index (χ2v) is 14.4. The Kier molecular flexibility index (Phi) is 9.81. The Hall–Kier alpha value is -3.87. The molecule has 0 radical (unpaired) electrons. The lowest BCUT2D eigenvalue weighted by Gasteiger charge is -2.35. The molecule has 0 aliphatic carbocycles. The van der Waals surface area contributed by atoms with Crippen molar-refractivity contribution in [3.05, 3.63) is 76.5 Å². The third kappa shape index (κ3) is 6.25. The highest BCUT2D eigenvalue weighted by atomic mass is 32.2. The van der Waals surface area contributed by atoms with Crippen LogP contribution < -0.4 is 15.4 Å². The van der Waals surface area contributed by atoms with Crippen molar-refractivity contribution in [1.82, 2.24) is 34.9 Å². The van der Waals surface area contributed by atoms with E-state index in [1.54, 1.807) is 18.3 Å². The molecule has 0 saturated heterocycles. The third-order valence-corrected chi connectivity index (χ3v) is 10.9. The van der Waals surface area contributed by atoms with Gasteiger partial charge in [0.25, 0.3) is 0 Å². The van der Waals surface area contributed by atoms with E-state index in [0.29, 0.717) is 26.1 Å². The standard InChI is InChI=1S/C34H45N7O4S/c1-8-26-21-40(46(43,44)29-11-10-16-36-32(29)45-26)20-25-19-24(13-12-22(25)3)30(34(5,6)33(42)37-18-17-35-7)27-14-15-28-31(23(27)4)38-39-41(28)9-2/h10-16,19,26,30,35H,8-9,17-18,20-21H2,1-7H3,(H,37,42)/t26-,30+/m1/s1. The van der Waals surface area contributed by atoms with E-state index >= 15 is 0 Å². The molecule has 2 N–H and O–H groups in total. The fraction of sp³-hybridized carbons (Fsp3) is 0.471. The van der Waals surface area contributed by atoms with Crippen LogP contribution >= 0.6 is 0 Å². The van der Waals surface area contributed by atoms with E-state index in [-0.39, 0.29) is 41.8 Å². The normalized spacial score (nSPS) is 17.2. The topological polar surface area (TPSA) is 131 Å². The molecule has 0 spiro atoms. The number of pyridine rings is 1. The smallest absolute Gasteiger partial charge is 0.248 e. The van der Waals surface area contributed by atoms with Gasteiger partial charge in [-0.2, -0.15) is 4.31 Å². The number of aryl methyl sites for hydroxylation is 3. The van der Waals surface area contributed by atoms with Gasteiger partial charge in [0.05, 0.1) is 17.5 Å². The minimum atomic E-state index is -3.89. The van der Waals surface area contributed by atoms with E-state index in [2.05, 4.69) is 38.1 Å². The lowest BCUT2D eigenvalue weighted by molar-refractivity contribution is -0.130. The van der Waals surface area contributed by atoms with Crippen LogP contribution in [0.1, 0.15) is 67.9 Å². The molecule has 246 valence electrons. The number of hydrogen-bond donors (Lipinski definition) is 2. The Morgan fingerprint density at radius 3 is 2.63 bits per heavy atom. The van der Waals surface area contributed by atoms with Crippen molar-refractivity contribution >= 4 is 27.0 Å². The number of ether oxygens (including phenoxy) is 1. The van der Waals surface area contributed by atoms with Gasteiger partial charge in [-0.3, -0.25) is 4.79 Å². The number of benzene rings is 2. The first kappa shape index (κ1) is 33.5. The second-order valence-electron chi connectivity index (χ2n) is 12.5. The average molecular weight is 648 g/mol. The average Bonchev–Trinajstić information content (AvgIpc) is 3.42. The molecule has 11 nitrogen and oxygen atoms in total. The molecule has 2 atom stereocenters. The number of amides is 1. The maximum atomic E-state index is 13.9. The molecule has 0 bridgehead atoms. The van der Waals surface area contributed by atoms with Gasteiger partial charge in [-0.1, -0.05) is 50.3 Å². The number of rotatable bonds is 11. The van der Waals surface area contributed by atoms with Crippen molar-refractivity contribution in [3.8, 4) is 5.88 Å². The van der Waals surface area contributed by atoms with E-state index in [1.165, 1.54) is 4.31 Å². The van der Waals surface area contributed by atoms with Crippen molar-refractivity contribution in [3.63, 3.8) is 0 Å². The molecule has 0 saturated carbocycles. The largest absolute Gasteiger partial charge is 0.472 e. The molecular weight excluding hydrogens is 602 g/mol. The van der Waals surface area contributed by atoms with E-state index in [1.807, 2.05) is 71.5 Å². The van der Waals surface area contributed by atoms with Gasteiger partial charge in [-0.25, -0.2) is 18.1 Å². The molecule has 12 heteroatoms. The van der Waals surface area contributed by atoms with Crippen LogP contribution in [-0.2, 0) is 27.9 Å². The van der Waals surface area contributed by atoms with E-state index < -0.39 is 15.4 Å². The van der Waals surface area contributed by atoms with E-state index in [4.69, 9.17) is 4.74 Å². The summed E-state index contributed by atoms with van der Waals surface area (Å²) in [4.78, 5) is 18.2. The second kappa shape index (κ2) is 13.5. The fourth-order valence-corrected chi connectivity index (χ4v) is 7.81. The molecule has 4 aromatic rings.